The molecular weight excluding hydrogens is 230 g/mol. The Balaban J connectivity index is 1.98. The minimum atomic E-state index is -0.207. The first-order chi connectivity index (χ1) is 8.70. The van der Waals surface area contributed by atoms with Crippen molar-refractivity contribution in [3.63, 3.8) is 0 Å². The lowest BCUT2D eigenvalue weighted by molar-refractivity contribution is -0.115. The summed E-state index contributed by atoms with van der Waals surface area (Å²) < 4.78 is 0. The second-order valence-corrected chi connectivity index (χ2v) is 4.33. The standard InChI is InChI=1S/C13H17N3O2/c1-14-13(18)10-4-2-3-5-11(10)16-12(17)8-15-9-6-7-9/h2-5,9,15H,6-8H2,1H3,(H,14,18)(H,16,17). The minimum Gasteiger partial charge on any atom is -0.355 e. The largest absolute Gasteiger partial charge is 0.355 e. The van der Waals surface area contributed by atoms with Gasteiger partial charge in [0.25, 0.3) is 5.91 Å². The van der Waals surface area contributed by atoms with Gasteiger partial charge in [-0.15, -0.1) is 0 Å². The van der Waals surface area contributed by atoms with Crippen molar-refractivity contribution in [2.45, 2.75) is 18.9 Å². The van der Waals surface area contributed by atoms with Gasteiger partial charge in [0.2, 0.25) is 5.91 Å². The van der Waals surface area contributed by atoms with Crippen LogP contribution in [0, 0.1) is 0 Å². The zero-order chi connectivity index (χ0) is 13.0. The first-order valence-electron chi connectivity index (χ1n) is 6.05. The van der Waals surface area contributed by atoms with E-state index < -0.39 is 0 Å². The first-order valence-corrected chi connectivity index (χ1v) is 6.05. The molecule has 96 valence electrons. The molecule has 1 saturated carbocycles. The van der Waals surface area contributed by atoms with E-state index in [0.717, 1.165) is 12.8 Å². The number of rotatable bonds is 5. The van der Waals surface area contributed by atoms with Crippen LogP contribution < -0.4 is 16.0 Å². The Morgan fingerprint density at radius 1 is 1.28 bits per heavy atom. The van der Waals surface area contributed by atoms with E-state index in [1.807, 2.05) is 0 Å². The smallest absolute Gasteiger partial charge is 0.253 e. The van der Waals surface area contributed by atoms with E-state index in [1.54, 1.807) is 31.3 Å². The number of hydrogen-bond acceptors (Lipinski definition) is 3. The van der Waals surface area contributed by atoms with Gasteiger partial charge in [-0.3, -0.25) is 9.59 Å². The molecule has 0 unspecified atom stereocenters. The maximum atomic E-state index is 11.7. The van der Waals surface area contributed by atoms with E-state index in [0.29, 0.717) is 17.3 Å². The molecule has 18 heavy (non-hydrogen) atoms. The van der Waals surface area contributed by atoms with Crippen LogP contribution in [0.5, 0.6) is 0 Å². The average Bonchev–Trinajstić information content (AvgIpc) is 3.20. The van der Waals surface area contributed by atoms with Crippen LogP contribution in [0.2, 0.25) is 0 Å². The molecule has 1 aromatic carbocycles. The lowest BCUT2D eigenvalue weighted by Crippen LogP contribution is -2.30. The Kier molecular flexibility index (Phi) is 3.94. The molecule has 5 heteroatoms. The molecule has 0 aliphatic heterocycles. The number of para-hydroxylation sites is 1. The second-order valence-electron chi connectivity index (χ2n) is 4.33. The van der Waals surface area contributed by atoms with Gasteiger partial charge < -0.3 is 16.0 Å². The molecule has 0 atom stereocenters. The Bertz CT molecular complexity index is 455. The Morgan fingerprint density at radius 2 is 2.00 bits per heavy atom. The minimum absolute atomic E-state index is 0.127. The number of carbonyl (C=O) groups excluding carboxylic acids is 2. The fraction of sp³-hybridized carbons (Fsp3) is 0.385. The molecule has 1 fully saturated rings. The number of anilines is 1. The number of benzene rings is 1. The Hall–Kier alpha value is -1.88. The summed E-state index contributed by atoms with van der Waals surface area (Å²) in [5.74, 6) is -0.334. The van der Waals surface area contributed by atoms with Gasteiger partial charge in [-0.2, -0.15) is 0 Å². The van der Waals surface area contributed by atoms with E-state index in [-0.39, 0.29) is 18.4 Å². The summed E-state index contributed by atoms with van der Waals surface area (Å²) in [7, 11) is 1.57. The average molecular weight is 247 g/mol. The summed E-state index contributed by atoms with van der Waals surface area (Å²) in [6.07, 6.45) is 2.28. The van der Waals surface area contributed by atoms with E-state index >= 15 is 0 Å². The third-order valence-electron chi connectivity index (χ3n) is 2.80. The van der Waals surface area contributed by atoms with Crippen molar-refractivity contribution in [1.82, 2.24) is 10.6 Å². The SMILES string of the molecule is CNC(=O)c1ccccc1NC(=O)CNC1CC1. The summed E-state index contributed by atoms with van der Waals surface area (Å²) in [5, 5.41) is 8.42. The predicted molar refractivity (Wildman–Crippen MR) is 69.5 cm³/mol. The fourth-order valence-corrected chi connectivity index (χ4v) is 1.64. The van der Waals surface area contributed by atoms with Gasteiger partial charge in [0.15, 0.2) is 0 Å². The maximum Gasteiger partial charge on any atom is 0.253 e. The van der Waals surface area contributed by atoms with Crippen LogP contribution in [-0.2, 0) is 4.79 Å². The number of amides is 2. The van der Waals surface area contributed by atoms with Gasteiger partial charge in [0.1, 0.15) is 0 Å². The highest BCUT2D eigenvalue weighted by Crippen LogP contribution is 2.18. The van der Waals surface area contributed by atoms with Gasteiger partial charge in [-0.25, -0.2) is 0 Å². The maximum absolute atomic E-state index is 11.7. The van der Waals surface area contributed by atoms with Crippen molar-refractivity contribution in [2.75, 3.05) is 18.9 Å². The van der Waals surface area contributed by atoms with Crippen molar-refractivity contribution in [3.8, 4) is 0 Å². The third kappa shape index (κ3) is 3.30. The van der Waals surface area contributed by atoms with Gasteiger partial charge in [-0.1, -0.05) is 12.1 Å². The van der Waals surface area contributed by atoms with E-state index in [1.165, 1.54) is 0 Å². The summed E-state index contributed by atoms with van der Waals surface area (Å²) in [6, 6.07) is 7.45. The van der Waals surface area contributed by atoms with Gasteiger partial charge >= 0.3 is 0 Å². The second kappa shape index (κ2) is 5.64. The van der Waals surface area contributed by atoms with Gasteiger partial charge in [0, 0.05) is 13.1 Å². The Morgan fingerprint density at radius 3 is 2.67 bits per heavy atom. The summed E-state index contributed by atoms with van der Waals surface area (Å²) >= 11 is 0. The molecule has 0 spiro atoms. The Labute approximate surface area is 106 Å². The van der Waals surface area contributed by atoms with Gasteiger partial charge in [0.05, 0.1) is 17.8 Å². The number of hydrogen-bond donors (Lipinski definition) is 3. The third-order valence-corrected chi connectivity index (χ3v) is 2.80. The van der Waals surface area contributed by atoms with E-state index in [2.05, 4.69) is 16.0 Å². The van der Waals surface area contributed by atoms with E-state index in [4.69, 9.17) is 0 Å². The zero-order valence-electron chi connectivity index (χ0n) is 10.3. The lowest BCUT2D eigenvalue weighted by atomic mass is 10.1. The lowest BCUT2D eigenvalue weighted by Gasteiger charge is -2.10. The zero-order valence-corrected chi connectivity index (χ0v) is 10.3. The number of nitrogens with one attached hydrogen (secondary N) is 3. The molecule has 1 aliphatic rings. The van der Waals surface area contributed by atoms with Crippen LogP contribution in [0.4, 0.5) is 5.69 Å². The van der Waals surface area contributed by atoms with Crippen molar-refractivity contribution < 1.29 is 9.59 Å². The van der Waals surface area contributed by atoms with Crippen molar-refractivity contribution in [3.05, 3.63) is 29.8 Å². The van der Waals surface area contributed by atoms with Gasteiger partial charge in [-0.05, 0) is 25.0 Å². The number of carbonyl (C=O) groups is 2. The van der Waals surface area contributed by atoms with Crippen LogP contribution >= 0.6 is 0 Å². The van der Waals surface area contributed by atoms with Crippen LogP contribution in [0.1, 0.15) is 23.2 Å². The monoisotopic (exact) mass is 247 g/mol. The highest BCUT2D eigenvalue weighted by molar-refractivity contribution is 6.03. The summed E-state index contributed by atoms with van der Waals surface area (Å²) in [6.45, 7) is 0.284. The molecule has 2 rings (SSSR count). The van der Waals surface area contributed by atoms with Crippen LogP contribution in [0.25, 0.3) is 0 Å². The normalized spacial score (nSPS) is 14.1. The van der Waals surface area contributed by atoms with Crippen LogP contribution in [-0.4, -0.2) is 31.4 Å². The van der Waals surface area contributed by atoms with Crippen molar-refractivity contribution in [2.24, 2.45) is 0 Å². The molecule has 0 heterocycles. The molecule has 5 nitrogen and oxygen atoms in total. The molecule has 0 radical (unpaired) electrons. The quantitative estimate of drug-likeness (QED) is 0.718. The molecular formula is C13H17N3O2. The van der Waals surface area contributed by atoms with E-state index in [9.17, 15) is 9.59 Å². The van der Waals surface area contributed by atoms with Crippen LogP contribution in [0.3, 0.4) is 0 Å². The first kappa shape index (κ1) is 12.6. The highest BCUT2D eigenvalue weighted by atomic mass is 16.2. The summed E-state index contributed by atoms with van der Waals surface area (Å²) in [5.41, 5.74) is 1.01. The fourth-order valence-electron chi connectivity index (χ4n) is 1.64. The molecule has 1 aromatic rings. The topological polar surface area (TPSA) is 70.2 Å². The molecule has 3 N–H and O–H groups in total. The van der Waals surface area contributed by atoms with Crippen LogP contribution in [0.15, 0.2) is 24.3 Å². The highest BCUT2D eigenvalue weighted by Gasteiger charge is 2.21. The van der Waals surface area contributed by atoms with Crippen molar-refractivity contribution >= 4 is 17.5 Å². The summed E-state index contributed by atoms with van der Waals surface area (Å²) in [4.78, 5) is 23.3. The molecule has 0 bridgehead atoms. The molecule has 0 saturated heterocycles. The molecule has 1 aliphatic carbocycles. The van der Waals surface area contributed by atoms with Crippen molar-refractivity contribution in [1.29, 1.82) is 0 Å². The predicted octanol–water partition coefficient (Wildman–Crippen LogP) is 0.737. The molecule has 2 amide bonds. The molecule has 0 aromatic heterocycles.